The topological polar surface area (TPSA) is 29.3 Å². The summed E-state index contributed by atoms with van der Waals surface area (Å²) in [5.41, 5.74) is 10.4. The summed E-state index contributed by atoms with van der Waals surface area (Å²) < 4.78 is 0. The van der Waals surface area contributed by atoms with Crippen LogP contribution in [-0.2, 0) is 0 Å². The molecule has 2 N–H and O–H groups in total. The van der Waals surface area contributed by atoms with E-state index in [1.54, 1.807) is 0 Å². The van der Waals surface area contributed by atoms with Crippen LogP contribution in [-0.4, -0.2) is 24.0 Å². The van der Waals surface area contributed by atoms with Crippen LogP contribution in [0.4, 0.5) is 0 Å². The number of piperidine rings is 1. The predicted octanol–water partition coefficient (Wildman–Crippen LogP) is 2.79. The molecule has 1 aromatic rings. The van der Waals surface area contributed by atoms with Crippen LogP contribution in [0.1, 0.15) is 42.5 Å². The third kappa shape index (κ3) is 2.70. The van der Waals surface area contributed by atoms with Crippen molar-refractivity contribution in [3.63, 3.8) is 0 Å². The van der Waals surface area contributed by atoms with Crippen LogP contribution in [0.25, 0.3) is 0 Å². The molecule has 2 unspecified atom stereocenters. The maximum Gasteiger partial charge on any atom is 0.0499 e. The fraction of sp³-hybridized carbons (Fsp3) is 0.600. The van der Waals surface area contributed by atoms with Crippen molar-refractivity contribution in [2.45, 2.75) is 45.7 Å². The predicted molar refractivity (Wildman–Crippen MR) is 73.1 cm³/mol. The number of likely N-dealkylation sites (tertiary alicyclic amines) is 1. The van der Waals surface area contributed by atoms with Crippen LogP contribution >= 0.6 is 0 Å². The van der Waals surface area contributed by atoms with Crippen molar-refractivity contribution in [2.24, 2.45) is 5.73 Å². The van der Waals surface area contributed by atoms with Gasteiger partial charge in [-0.25, -0.2) is 0 Å². The van der Waals surface area contributed by atoms with Gasteiger partial charge in [0.15, 0.2) is 0 Å². The molecular formula is C15H24N2. The van der Waals surface area contributed by atoms with E-state index < -0.39 is 0 Å². The van der Waals surface area contributed by atoms with Gasteiger partial charge in [0.25, 0.3) is 0 Å². The molecule has 1 heterocycles. The van der Waals surface area contributed by atoms with Crippen molar-refractivity contribution in [3.8, 4) is 0 Å². The Hall–Kier alpha value is -0.860. The smallest absolute Gasteiger partial charge is 0.0499 e. The molecule has 0 amide bonds. The Balaban J connectivity index is 2.34. The van der Waals surface area contributed by atoms with Crippen LogP contribution in [0.5, 0.6) is 0 Å². The van der Waals surface area contributed by atoms with Crippen molar-refractivity contribution in [3.05, 3.63) is 34.9 Å². The first-order valence-electron chi connectivity index (χ1n) is 6.69. The quantitative estimate of drug-likeness (QED) is 0.849. The van der Waals surface area contributed by atoms with E-state index in [1.165, 1.54) is 29.7 Å². The summed E-state index contributed by atoms with van der Waals surface area (Å²) in [6, 6.07) is 7.52. The fourth-order valence-electron chi connectivity index (χ4n) is 3.09. The first kappa shape index (κ1) is 12.6. The Bertz CT molecular complexity index is 366. The monoisotopic (exact) mass is 232 g/mol. The molecule has 1 aromatic carbocycles. The van der Waals surface area contributed by atoms with Crippen molar-refractivity contribution in [1.29, 1.82) is 0 Å². The van der Waals surface area contributed by atoms with Gasteiger partial charge in [0.2, 0.25) is 0 Å². The van der Waals surface area contributed by atoms with E-state index in [2.05, 4.69) is 43.9 Å². The first-order chi connectivity index (χ1) is 8.11. The van der Waals surface area contributed by atoms with Crippen LogP contribution in [0.2, 0.25) is 0 Å². The van der Waals surface area contributed by atoms with Crippen molar-refractivity contribution >= 4 is 0 Å². The second-order valence-electron chi connectivity index (χ2n) is 5.30. The molecule has 1 fully saturated rings. The summed E-state index contributed by atoms with van der Waals surface area (Å²) in [5.74, 6) is 0. The lowest BCUT2D eigenvalue weighted by molar-refractivity contribution is 0.136. The van der Waals surface area contributed by atoms with E-state index in [1.807, 2.05) is 0 Å². The average molecular weight is 232 g/mol. The standard InChI is InChI=1S/C15H24N2/c1-4-17-7-5-6-14(16)15(17)13-9-11(2)8-12(3)10-13/h8-10,14-15H,4-7,16H2,1-3H3. The molecule has 1 saturated heterocycles. The number of nitrogens with zero attached hydrogens (tertiary/aromatic N) is 1. The van der Waals surface area contributed by atoms with Gasteiger partial charge >= 0.3 is 0 Å². The molecule has 2 heteroatoms. The summed E-state index contributed by atoms with van der Waals surface area (Å²) in [6.45, 7) is 8.84. The lowest BCUT2D eigenvalue weighted by Crippen LogP contribution is -2.45. The molecule has 0 aliphatic carbocycles. The van der Waals surface area contributed by atoms with Gasteiger partial charge in [-0.1, -0.05) is 36.2 Å². The number of nitrogens with two attached hydrogens (primary N) is 1. The van der Waals surface area contributed by atoms with Gasteiger partial charge in [0.1, 0.15) is 0 Å². The lowest BCUT2D eigenvalue weighted by Gasteiger charge is -2.39. The molecular weight excluding hydrogens is 208 g/mol. The van der Waals surface area contributed by atoms with Gasteiger partial charge in [-0.05, 0) is 45.3 Å². The third-order valence-electron chi connectivity index (χ3n) is 3.77. The van der Waals surface area contributed by atoms with Gasteiger partial charge in [0.05, 0.1) is 0 Å². The highest BCUT2D eigenvalue weighted by molar-refractivity contribution is 5.31. The highest BCUT2D eigenvalue weighted by Gasteiger charge is 2.29. The third-order valence-corrected chi connectivity index (χ3v) is 3.77. The molecule has 0 radical (unpaired) electrons. The summed E-state index contributed by atoms with van der Waals surface area (Å²) >= 11 is 0. The Morgan fingerprint density at radius 3 is 2.47 bits per heavy atom. The molecule has 0 bridgehead atoms. The number of hydrogen-bond acceptors (Lipinski definition) is 2. The Morgan fingerprint density at radius 2 is 1.88 bits per heavy atom. The van der Waals surface area contributed by atoms with Gasteiger partial charge in [-0.15, -0.1) is 0 Å². The van der Waals surface area contributed by atoms with E-state index in [9.17, 15) is 0 Å². The van der Waals surface area contributed by atoms with Gasteiger partial charge in [0, 0.05) is 12.1 Å². The molecule has 94 valence electrons. The van der Waals surface area contributed by atoms with Gasteiger partial charge in [-0.3, -0.25) is 4.90 Å². The minimum atomic E-state index is 0.282. The number of rotatable bonds is 2. The minimum absolute atomic E-state index is 0.282. The highest BCUT2D eigenvalue weighted by Crippen LogP contribution is 2.30. The lowest BCUT2D eigenvalue weighted by atomic mass is 9.89. The summed E-state index contributed by atoms with van der Waals surface area (Å²) in [5, 5.41) is 0. The van der Waals surface area contributed by atoms with Crippen molar-refractivity contribution < 1.29 is 0 Å². The molecule has 0 aromatic heterocycles. The average Bonchev–Trinajstić information content (AvgIpc) is 2.27. The van der Waals surface area contributed by atoms with E-state index in [0.29, 0.717) is 6.04 Å². The first-order valence-corrected chi connectivity index (χ1v) is 6.69. The molecule has 2 rings (SSSR count). The molecule has 0 saturated carbocycles. The number of benzene rings is 1. The zero-order valence-electron chi connectivity index (χ0n) is 11.2. The molecule has 2 atom stereocenters. The maximum absolute atomic E-state index is 6.34. The van der Waals surface area contributed by atoms with Gasteiger partial charge in [-0.2, -0.15) is 0 Å². The summed E-state index contributed by atoms with van der Waals surface area (Å²) in [7, 11) is 0. The number of aryl methyl sites for hydroxylation is 2. The maximum atomic E-state index is 6.34. The van der Waals surface area contributed by atoms with Crippen LogP contribution in [0, 0.1) is 13.8 Å². The largest absolute Gasteiger partial charge is 0.326 e. The Morgan fingerprint density at radius 1 is 1.24 bits per heavy atom. The highest BCUT2D eigenvalue weighted by atomic mass is 15.2. The van der Waals surface area contributed by atoms with E-state index in [-0.39, 0.29) is 6.04 Å². The second kappa shape index (κ2) is 5.19. The zero-order valence-corrected chi connectivity index (χ0v) is 11.2. The van der Waals surface area contributed by atoms with Crippen LogP contribution < -0.4 is 5.73 Å². The fourth-order valence-corrected chi connectivity index (χ4v) is 3.09. The number of hydrogen-bond donors (Lipinski definition) is 1. The normalized spacial score (nSPS) is 26.1. The summed E-state index contributed by atoms with van der Waals surface area (Å²) in [4.78, 5) is 2.52. The van der Waals surface area contributed by atoms with E-state index in [4.69, 9.17) is 5.73 Å². The van der Waals surface area contributed by atoms with E-state index in [0.717, 1.165) is 13.0 Å². The zero-order chi connectivity index (χ0) is 12.4. The van der Waals surface area contributed by atoms with Crippen LogP contribution in [0.3, 0.4) is 0 Å². The minimum Gasteiger partial charge on any atom is -0.326 e. The van der Waals surface area contributed by atoms with Crippen molar-refractivity contribution in [2.75, 3.05) is 13.1 Å². The Kier molecular flexibility index (Phi) is 3.85. The molecule has 0 spiro atoms. The summed E-state index contributed by atoms with van der Waals surface area (Å²) in [6.07, 6.45) is 2.38. The van der Waals surface area contributed by atoms with Gasteiger partial charge < -0.3 is 5.73 Å². The second-order valence-corrected chi connectivity index (χ2v) is 5.30. The van der Waals surface area contributed by atoms with E-state index >= 15 is 0 Å². The SMILES string of the molecule is CCN1CCCC(N)C1c1cc(C)cc(C)c1. The molecule has 2 nitrogen and oxygen atoms in total. The molecule has 1 aliphatic heterocycles. The van der Waals surface area contributed by atoms with Crippen molar-refractivity contribution in [1.82, 2.24) is 4.90 Å². The molecule has 17 heavy (non-hydrogen) atoms. The van der Waals surface area contributed by atoms with Crippen LogP contribution in [0.15, 0.2) is 18.2 Å². The number of likely N-dealkylation sites (N-methyl/N-ethyl adjacent to an activating group) is 1. The molecule has 1 aliphatic rings. The Labute approximate surface area is 105 Å².